The van der Waals surface area contributed by atoms with Crippen LogP contribution in [-0.4, -0.2) is 10.8 Å². The van der Waals surface area contributed by atoms with Gasteiger partial charge in [-0.25, -0.2) is 0 Å². The summed E-state index contributed by atoms with van der Waals surface area (Å²) < 4.78 is 0.854. The summed E-state index contributed by atoms with van der Waals surface area (Å²) in [6.45, 7) is 1.91. The molecule has 0 radical (unpaired) electrons. The van der Waals surface area contributed by atoms with Crippen LogP contribution < -0.4 is 5.32 Å². The number of anilines is 1. The minimum Gasteiger partial charge on any atom is -0.322 e. The quantitative estimate of drug-likeness (QED) is 0.683. The Labute approximate surface area is 123 Å². The van der Waals surface area contributed by atoms with Crippen LogP contribution in [0.15, 0.2) is 46.9 Å². The van der Waals surface area contributed by atoms with Crippen molar-refractivity contribution in [1.82, 2.24) is 0 Å². The van der Waals surface area contributed by atoms with Crippen molar-refractivity contribution in [3.63, 3.8) is 0 Å². The Morgan fingerprint density at radius 1 is 1.25 bits per heavy atom. The van der Waals surface area contributed by atoms with Gasteiger partial charge in [-0.15, -0.1) is 0 Å². The van der Waals surface area contributed by atoms with Crippen molar-refractivity contribution in [2.24, 2.45) is 0 Å². The fourth-order valence-corrected chi connectivity index (χ4v) is 2.38. The molecule has 0 unspecified atom stereocenters. The van der Waals surface area contributed by atoms with Gasteiger partial charge >= 0.3 is 0 Å². The number of nitrogens with one attached hydrogen (secondary N) is 1. The average Bonchev–Trinajstić information content (AvgIpc) is 2.37. The molecule has 0 saturated carbocycles. The molecule has 2 rings (SSSR count). The highest BCUT2D eigenvalue weighted by molar-refractivity contribution is 9.10. The van der Waals surface area contributed by atoms with Crippen LogP contribution >= 0.6 is 15.9 Å². The smallest absolute Gasteiger partial charge is 0.270 e. The zero-order chi connectivity index (χ0) is 14.7. The summed E-state index contributed by atoms with van der Waals surface area (Å²) >= 11 is 3.35. The van der Waals surface area contributed by atoms with E-state index in [4.69, 9.17) is 0 Å². The molecule has 20 heavy (non-hydrogen) atoms. The van der Waals surface area contributed by atoms with Crippen molar-refractivity contribution >= 4 is 33.2 Å². The average molecular weight is 335 g/mol. The molecular weight excluding hydrogens is 324 g/mol. The number of aryl methyl sites for hydroxylation is 1. The molecule has 1 N–H and O–H groups in total. The van der Waals surface area contributed by atoms with E-state index in [1.165, 1.54) is 24.3 Å². The highest BCUT2D eigenvalue weighted by Crippen LogP contribution is 2.20. The molecule has 0 aromatic heterocycles. The third-order valence-electron chi connectivity index (χ3n) is 2.62. The zero-order valence-corrected chi connectivity index (χ0v) is 12.2. The van der Waals surface area contributed by atoms with E-state index >= 15 is 0 Å². The lowest BCUT2D eigenvalue weighted by atomic mass is 10.1. The van der Waals surface area contributed by atoms with Gasteiger partial charge in [-0.1, -0.05) is 22.0 Å². The van der Waals surface area contributed by atoms with Crippen molar-refractivity contribution in [3.8, 4) is 0 Å². The van der Waals surface area contributed by atoms with E-state index < -0.39 is 4.92 Å². The highest BCUT2D eigenvalue weighted by atomic mass is 79.9. The molecule has 0 spiro atoms. The molecule has 0 bridgehead atoms. The van der Waals surface area contributed by atoms with Gasteiger partial charge in [0.15, 0.2) is 0 Å². The Hall–Kier alpha value is -2.21. The largest absolute Gasteiger partial charge is 0.322 e. The molecule has 1 amide bonds. The number of amides is 1. The van der Waals surface area contributed by atoms with Crippen LogP contribution in [0.4, 0.5) is 11.4 Å². The molecule has 102 valence electrons. The molecule has 2 aromatic carbocycles. The van der Waals surface area contributed by atoms with Crippen LogP contribution in [0.25, 0.3) is 0 Å². The van der Waals surface area contributed by atoms with Gasteiger partial charge in [0.2, 0.25) is 0 Å². The van der Waals surface area contributed by atoms with Gasteiger partial charge in [-0.2, -0.15) is 0 Å². The van der Waals surface area contributed by atoms with Crippen molar-refractivity contribution < 1.29 is 9.72 Å². The Morgan fingerprint density at radius 3 is 2.65 bits per heavy atom. The number of benzene rings is 2. The highest BCUT2D eigenvalue weighted by Gasteiger charge is 2.11. The Kier molecular flexibility index (Phi) is 4.14. The van der Waals surface area contributed by atoms with E-state index in [0.717, 1.165) is 10.0 Å². The summed E-state index contributed by atoms with van der Waals surface area (Å²) in [6.07, 6.45) is 0. The molecule has 0 fully saturated rings. The number of nitrogens with zero attached hydrogens (tertiary/aromatic N) is 1. The SMILES string of the molecule is Cc1cc(Br)cc(NC(=O)c2cccc([N+](=O)[O-])c2)c1. The lowest BCUT2D eigenvalue weighted by molar-refractivity contribution is -0.384. The topological polar surface area (TPSA) is 72.2 Å². The maximum atomic E-state index is 12.1. The standard InChI is InChI=1S/C14H11BrN2O3/c1-9-5-11(15)8-12(6-9)16-14(18)10-3-2-4-13(7-10)17(19)20/h2-8H,1H3,(H,16,18). The summed E-state index contributed by atoms with van der Waals surface area (Å²) in [4.78, 5) is 22.2. The zero-order valence-electron chi connectivity index (χ0n) is 10.6. The second-order valence-electron chi connectivity index (χ2n) is 4.28. The molecular formula is C14H11BrN2O3. The Morgan fingerprint density at radius 2 is 2.00 bits per heavy atom. The lowest BCUT2D eigenvalue weighted by Gasteiger charge is -2.07. The molecule has 0 heterocycles. The minimum atomic E-state index is -0.528. The fourth-order valence-electron chi connectivity index (χ4n) is 1.77. The molecule has 0 saturated heterocycles. The first kappa shape index (κ1) is 14.2. The fraction of sp³-hybridized carbons (Fsp3) is 0.0714. The summed E-state index contributed by atoms with van der Waals surface area (Å²) in [5, 5.41) is 13.4. The van der Waals surface area contributed by atoms with E-state index in [-0.39, 0.29) is 17.2 Å². The Bertz CT molecular complexity index is 666. The molecule has 6 heteroatoms. The number of carbonyl (C=O) groups is 1. The first-order valence-corrected chi connectivity index (χ1v) is 6.58. The summed E-state index contributed by atoms with van der Waals surface area (Å²) in [5.41, 5.74) is 1.77. The van der Waals surface area contributed by atoms with Gasteiger partial charge in [-0.05, 0) is 36.8 Å². The maximum absolute atomic E-state index is 12.1. The van der Waals surface area contributed by atoms with E-state index in [1.54, 1.807) is 6.07 Å². The third-order valence-corrected chi connectivity index (χ3v) is 3.08. The summed E-state index contributed by atoms with van der Waals surface area (Å²) in [5.74, 6) is -0.383. The van der Waals surface area contributed by atoms with E-state index in [2.05, 4.69) is 21.2 Å². The molecule has 0 atom stereocenters. The molecule has 0 aliphatic heterocycles. The number of non-ortho nitro benzene ring substituents is 1. The lowest BCUT2D eigenvalue weighted by Crippen LogP contribution is -2.12. The minimum absolute atomic E-state index is 0.108. The number of halogens is 1. The van der Waals surface area contributed by atoms with Crippen molar-refractivity contribution in [1.29, 1.82) is 0 Å². The summed E-state index contributed by atoms with van der Waals surface area (Å²) in [6, 6.07) is 11.1. The predicted octanol–water partition coefficient (Wildman–Crippen LogP) is 3.92. The van der Waals surface area contributed by atoms with Gasteiger partial charge in [0.05, 0.1) is 4.92 Å². The molecule has 0 aliphatic carbocycles. The first-order chi connectivity index (χ1) is 9.45. The maximum Gasteiger partial charge on any atom is 0.270 e. The normalized spacial score (nSPS) is 10.1. The van der Waals surface area contributed by atoms with Crippen LogP contribution in [0.3, 0.4) is 0 Å². The second-order valence-corrected chi connectivity index (χ2v) is 5.19. The Balaban J connectivity index is 2.23. The van der Waals surface area contributed by atoms with Crippen LogP contribution in [0.5, 0.6) is 0 Å². The molecule has 5 nitrogen and oxygen atoms in total. The number of nitro benzene ring substituents is 1. The van der Waals surface area contributed by atoms with Crippen LogP contribution in [0, 0.1) is 17.0 Å². The van der Waals surface area contributed by atoms with E-state index in [9.17, 15) is 14.9 Å². The number of hydrogen-bond acceptors (Lipinski definition) is 3. The summed E-state index contributed by atoms with van der Waals surface area (Å²) in [7, 11) is 0. The number of hydrogen-bond donors (Lipinski definition) is 1. The third kappa shape index (κ3) is 3.42. The van der Waals surface area contributed by atoms with Crippen molar-refractivity contribution in [2.75, 3.05) is 5.32 Å². The molecule has 0 aliphatic rings. The van der Waals surface area contributed by atoms with Crippen LogP contribution in [-0.2, 0) is 0 Å². The van der Waals surface area contributed by atoms with Gasteiger partial charge in [0.1, 0.15) is 0 Å². The molecule has 2 aromatic rings. The van der Waals surface area contributed by atoms with E-state index in [0.29, 0.717) is 5.69 Å². The van der Waals surface area contributed by atoms with Gasteiger partial charge < -0.3 is 5.32 Å². The number of rotatable bonds is 3. The van der Waals surface area contributed by atoms with Crippen molar-refractivity contribution in [3.05, 3.63) is 68.2 Å². The van der Waals surface area contributed by atoms with Gasteiger partial charge in [0, 0.05) is 27.9 Å². The predicted molar refractivity (Wildman–Crippen MR) is 79.9 cm³/mol. The van der Waals surface area contributed by atoms with Gasteiger partial charge in [0.25, 0.3) is 11.6 Å². The number of nitro groups is 1. The van der Waals surface area contributed by atoms with E-state index in [1.807, 2.05) is 19.1 Å². The van der Waals surface area contributed by atoms with Crippen molar-refractivity contribution in [2.45, 2.75) is 6.92 Å². The second kappa shape index (κ2) is 5.83. The van der Waals surface area contributed by atoms with Crippen LogP contribution in [0.1, 0.15) is 15.9 Å². The van der Waals surface area contributed by atoms with Crippen LogP contribution in [0.2, 0.25) is 0 Å². The number of carbonyl (C=O) groups excluding carboxylic acids is 1. The van der Waals surface area contributed by atoms with Gasteiger partial charge in [-0.3, -0.25) is 14.9 Å². The monoisotopic (exact) mass is 334 g/mol. The first-order valence-electron chi connectivity index (χ1n) is 5.79.